The summed E-state index contributed by atoms with van der Waals surface area (Å²) in [7, 11) is 3.21. The number of aryl methyl sites for hydroxylation is 1. The molecule has 1 unspecified atom stereocenters. The van der Waals surface area contributed by atoms with Crippen LogP contribution in [0.2, 0.25) is 0 Å². The molecule has 0 fully saturated rings. The normalized spacial score (nSPS) is 13.2. The van der Waals surface area contributed by atoms with Crippen molar-refractivity contribution in [2.75, 3.05) is 5.75 Å². The van der Waals surface area contributed by atoms with E-state index >= 15 is 0 Å². The van der Waals surface area contributed by atoms with Gasteiger partial charge in [0.05, 0.1) is 5.56 Å². The third-order valence-electron chi connectivity index (χ3n) is 4.35. The summed E-state index contributed by atoms with van der Waals surface area (Å²) in [5.74, 6) is 0.680. The second kappa shape index (κ2) is 7.32. The molecule has 13 heteroatoms. The summed E-state index contributed by atoms with van der Waals surface area (Å²) in [6.07, 6.45) is -3.45. The van der Waals surface area contributed by atoms with E-state index in [4.69, 9.17) is 0 Å². The van der Waals surface area contributed by atoms with Crippen molar-refractivity contribution in [3.05, 3.63) is 30.0 Å². The van der Waals surface area contributed by atoms with Crippen molar-refractivity contribution in [2.45, 2.75) is 18.0 Å². The maximum Gasteiger partial charge on any atom is 0.416 e. The van der Waals surface area contributed by atoms with Crippen molar-refractivity contribution in [1.82, 2.24) is 39.7 Å². The monoisotopic (exact) mass is 436 g/mol. The largest absolute Gasteiger partial charge is 0.611 e. The van der Waals surface area contributed by atoms with Gasteiger partial charge >= 0.3 is 6.18 Å². The average molecular weight is 436 g/mol. The fourth-order valence-electron chi connectivity index (χ4n) is 2.91. The van der Waals surface area contributed by atoms with E-state index in [1.165, 1.54) is 9.36 Å². The van der Waals surface area contributed by atoms with Gasteiger partial charge in [0, 0.05) is 26.4 Å². The van der Waals surface area contributed by atoms with E-state index in [2.05, 4.69) is 30.4 Å². The summed E-state index contributed by atoms with van der Waals surface area (Å²) in [5, 5.41) is 16.4. The molecule has 0 amide bonds. The molecule has 0 aliphatic rings. The lowest BCUT2D eigenvalue weighted by atomic mass is 10.2. The number of nitrogens with zero attached hydrogens (tertiary/aromatic N) is 8. The van der Waals surface area contributed by atoms with Gasteiger partial charge < -0.3 is 9.12 Å². The van der Waals surface area contributed by atoms with Crippen molar-refractivity contribution in [1.29, 1.82) is 0 Å². The van der Waals surface area contributed by atoms with Crippen LogP contribution in [0.1, 0.15) is 12.5 Å². The number of fused-ring (bicyclic) bond motifs is 1. The molecule has 0 saturated heterocycles. The minimum atomic E-state index is -4.51. The van der Waals surface area contributed by atoms with Gasteiger partial charge in [0.2, 0.25) is 5.65 Å². The van der Waals surface area contributed by atoms with Crippen molar-refractivity contribution < 1.29 is 17.7 Å². The highest BCUT2D eigenvalue weighted by molar-refractivity contribution is 7.91. The van der Waals surface area contributed by atoms with Gasteiger partial charge in [-0.1, -0.05) is 0 Å². The molecule has 4 heterocycles. The lowest BCUT2D eigenvalue weighted by molar-refractivity contribution is -0.137. The van der Waals surface area contributed by atoms with Gasteiger partial charge in [-0.15, -0.1) is 15.3 Å². The topological polar surface area (TPSA) is 110 Å². The Morgan fingerprint density at radius 2 is 1.83 bits per heavy atom. The Labute approximate surface area is 171 Å². The van der Waals surface area contributed by atoms with Gasteiger partial charge in [-0.25, -0.2) is 4.98 Å². The molecule has 0 aromatic carbocycles. The molecule has 0 N–H and O–H groups in total. The maximum atomic E-state index is 13.1. The minimum absolute atomic E-state index is 0.00446. The van der Waals surface area contributed by atoms with Gasteiger partial charge in [0.1, 0.15) is 17.0 Å². The number of hydrogen-bond acceptors (Lipinski definition) is 7. The quantitative estimate of drug-likeness (QED) is 0.452. The number of hydrogen-bond donors (Lipinski definition) is 0. The lowest BCUT2D eigenvalue weighted by Gasteiger charge is -2.11. The Hall–Kier alpha value is -3.06. The van der Waals surface area contributed by atoms with Crippen molar-refractivity contribution in [2.24, 2.45) is 14.1 Å². The predicted molar refractivity (Wildman–Crippen MR) is 101 cm³/mol. The second-order valence-corrected chi connectivity index (χ2v) is 8.04. The molecule has 0 spiro atoms. The minimum Gasteiger partial charge on any atom is -0.611 e. The molecule has 0 saturated carbocycles. The standard InChI is InChI=1S/C17H15F3N8OS/c1-4-30(29)12-8-10-14(26-28(3)25-10)22-13(12)16-24-23-15(27(16)2)11-7-9(5-6-21-11)17(18,19)20/h5-8H,4H2,1-3H3. The molecular formula is C17H15F3N8OS. The fraction of sp³-hybridized carbons (Fsp3) is 0.294. The first-order chi connectivity index (χ1) is 14.2. The van der Waals surface area contributed by atoms with Crippen LogP contribution in [0.4, 0.5) is 13.2 Å². The summed E-state index contributed by atoms with van der Waals surface area (Å²) in [6, 6.07) is 3.41. The van der Waals surface area contributed by atoms with E-state index in [0.717, 1.165) is 18.3 Å². The molecule has 4 aromatic rings. The zero-order valence-electron chi connectivity index (χ0n) is 16.0. The van der Waals surface area contributed by atoms with Crippen molar-refractivity contribution >= 4 is 22.3 Å². The fourth-order valence-corrected chi connectivity index (χ4v) is 3.82. The van der Waals surface area contributed by atoms with E-state index in [-0.39, 0.29) is 23.0 Å². The first kappa shape index (κ1) is 20.2. The highest BCUT2D eigenvalue weighted by Gasteiger charge is 2.32. The van der Waals surface area contributed by atoms with Gasteiger partial charge in [0.25, 0.3) is 0 Å². The lowest BCUT2D eigenvalue weighted by Crippen LogP contribution is -2.09. The van der Waals surface area contributed by atoms with Crippen molar-refractivity contribution in [3.63, 3.8) is 0 Å². The van der Waals surface area contributed by atoms with Crippen LogP contribution in [-0.2, 0) is 31.4 Å². The zero-order chi connectivity index (χ0) is 21.6. The second-order valence-electron chi connectivity index (χ2n) is 6.34. The predicted octanol–water partition coefficient (Wildman–Crippen LogP) is 2.37. The van der Waals surface area contributed by atoms with E-state index in [0.29, 0.717) is 21.8 Å². The van der Waals surface area contributed by atoms with Crippen LogP contribution >= 0.6 is 0 Å². The van der Waals surface area contributed by atoms with E-state index in [1.807, 2.05) is 0 Å². The molecule has 0 bridgehead atoms. The molecule has 0 radical (unpaired) electrons. The molecular weight excluding hydrogens is 421 g/mol. The molecule has 4 aromatic heterocycles. The Morgan fingerprint density at radius 1 is 1.10 bits per heavy atom. The number of aromatic nitrogens is 8. The molecule has 9 nitrogen and oxygen atoms in total. The van der Waals surface area contributed by atoms with Gasteiger partial charge in [-0.05, 0) is 30.2 Å². The Bertz CT molecular complexity index is 1240. The van der Waals surface area contributed by atoms with Crippen LogP contribution < -0.4 is 0 Å². The third kappa shape index (κ3) is 3.50. The van der Waals surface area contributed by atoms with E-state index in [1.54, 1.807) is 27.1 Å². The molecule has 30 heavy (non-hydrogen) atoms. The maximum absolute atomic E-state index is 13.1. The zero-order valence-corrected chi connectivity index (χ0v) is 16.9. The average Bonchev–Trinajstić information content (AvgIpc) is 3.26. The number of rotatable bonds is 4. The Morgan fingerprint density at radius 3 is 2.53 bits per heavy atom. The van der Waals surface area contributed by atoms with Gasteiger partial charge in [-0.2, -0.15) is 23.1 Å². The SMILES string of the molecule is CC[S+]([O-])c1cc2nn(C)nc2nc1-c1nnc(-c2cc(C(F)(F)F)ccn2)n1C. The van der Waals surface area contributed by atoms with Crippen LogP contribution in [0.3, 0.4) is 0 Å². The van der Waals surface area contributed by atoms with Crippen LogP contribution in [0.15, 0.2) is 29.3 Å². The van der Waals surface area contributed by atoms with Gasteiger partial charge in [-0.3, -0.25) is 4.98 Å². The summed E-state index contributed by atoms with van der Waals surface area (Å²) >= 11 is -1.39. The first-order valence-corrected chi connectivity index (χ1v) is 10.0. The molecule has 1 atom stereocenters. The van der Waals surface area contributed by atoms with Crippen LogP contribution in [0.5, 0.6) is 0 Å². The van der Waals surface area contributed by atoms with Crippen LogP contribution in [0, 0.1) is 0 Å². The third-order valence-corrected chi connectivity index (χ3v) is 5.68. The van der Waals surface area contributed by atoms with Gasteiger partial charge in [0.15, 0.2) is 22.2 Å². The molecule has 0 aliphatic carbocycles. The Balaban J connectivity index is 1.87. The van der Waals surface area contributed by atoms with E-state index < -0.39 is 22.9 Å². The molecule has 156 valence electrons. The van der Waals surface area contributed by atoms with E-state index in [9.17, 15) is 17.7 Å². The number of halogens is 3. The highest BCUT2D eigenvalue weighted by Crippen LogP contribution is 2.32. The first-order valence-electron chi connectivity index (χ1n) is 8.73. The Kier molecular flexibility index (Phi) is 4.94. The summed E-state index contributed by atoms with van der Waals surface area (Å²) in [5.41, 5.74) is 0.233. The van der Waals surface area contributed by atoms with Crippen LogP contribution in [0.25, 0.3) is 34.2 Å². The molecule has 0 aliphatic heterocycles. The highest BCUT2D eigenvalue weighted by atomic mass is 32.2. The number of pyridine rings is 2. The van der Waals surface area contributed by atoms with Crippen molar-refractivity contribution in [3.8, 4) is 23.0 Å². The molecule has 4 rings (SSSR count). The summed E-state index contributed by atoms with van der Waals surface area (Å²) < 4.78 is 53.3. The summed E-state index contributed by atoms with van der Waals surface area (Å²) in [4.78, 5) is 10.2. The summed E-state index contributed by atoms with van der Waals surface area (Å²) in [6.45, 7) is 1.76. The smallest absolute Gasteiger partial charge is 0.416 e. The number of alkyl halides is 3. The van der Waals surface area contributed by atoms with Crippen LogP contribution in [-0.4, -0.2) is 50.0 Å².